The molecule has 0 spiro atoms. The highest BCUT2D eigenvalue weighted by Crippen LogP contribution is 2.22. The van der Waals surface area contributed by atoms with Gasteiger partial charge in [-0.1, -0.05) is 0 Å². The van der Waals surface area contributed by atoms with Gasteiger partial charge >= 0.3 is 0 Å². The quantitative estimate of drug-likeness (QED) is 0.639. The number of fused-ring (bicyclic) bond motifs is 1. The van der Waals surface area contributed by atoms with E-state index >= 15 is 0 Å². The number of rotatable bonds is 2. The molecular weight excluding hydrogens is 230 g/mol. The molecule has 6 heteroatoms. The van der Waals surface area contributed by atoms with Gasteiger partial charge in [0.05, 0.1) is 11.7 Å². The van der Waals surface area contributed by atoms with E-state index in [1.807, 2.05) is 19.1 Å². The van der Waals surface area contributed by atoms with Gasteiger partial charge in [0.15, 0.2) is 5.82 Å². The Bertz CT molecular complexity index is 698. The van der Waals surface area contributed by atoms with E-state index in [0.29, 0.717) is 5.82 Å². The standard InChI is InChI=1S/C12H11N5O/c1-7-4-10-8(6-15-17-10)5-9(7)16-12(18)11-13-2-3-14-11/h2-6H,1H3,(H,13,14)(H,15,17)(H,16,18). The Labute approximate surface area is 102 Å². The highest BCUT2D eigenvalue weighted by Gasteiger charge is 2.10. The second-order valence-electron chi connectivity index (χ2n) is 4.02. The summed E-state index contributed by atoms with van der Waals surface area (Å²) in [5.74, 6) is 0.0348. The molecule has 0 fully saturated rings. The van der Waals surface area contributed by atoms with Gasteiger partial charge in [0.2, 0.25) is 0 Å². The summed E-state index contributed by atoms with van der Waals surface area (Å²) in [5.41, 5.74) is 2.67. The second kappa shape index (κ2) is 3.99. The van der Waals surface area contributed by atoms with Crippen LogP contribution in [0.5, 0.6) is 0 Å². The van der Waals surface area contributed by atoms with E-state index in [9.17, 15) is 4.79 Å². The maximum atomic E-state index is 11.9. The predicted octanol–water partition coefficient (Wildman–Crippen LogP) is 1.85. The van der Waals surface area contributed by atoms with Crippen molar-refractivity contribution in [1.82, 2.24) is 20.2 Å². The molecule has 0 unspecified atom stereocenters. The van der Waals surface area contributed by atoms with Crippen LogP contribution in [0.1, 0.15) is 16.2 Å². The van der Waals surface area contributed by atoms with Gasteiger partial charge in [-0.15, -0.1) is 0 Å². The van der Waals surface area contributed by atoms with Gasteiger partial charge in [0, 0.05) is 23.5 Å². The van der Waals surface area contributed by atoms with E-state index < -0.39 is 0 Å². The Balaban J connectivity index is 1.94. The van der Waals surface area contributed by atoms with Crippen LogP contribution in [0.15, 0.2) is 30.7 Å². The second-order valence-corrected chi connectivity index (χ2v) is 4.02. The monoisotopic (exact) mass is 241 g/mol. The molecule has 6 nitrogen and oxygen atoms in total. The van der Waals surface area contributed by atoms with Gasteiger partial charge in [-0.05, 0) is 24.6 Å². The van der Waals surface area contributed by atoms with Crippen molar-refractivity contribution < 1.29 is 4.79 Å². The van der Waals surface area contributed by atoms with Crippen LogP contribution in [0.25, 0.3) is 10.9 Å². The molecule has 0 aliphatic carbocycles. The van der Waals surface area contributed by atoms with Crippen molar-refractivity contribution in [2.45, 2.75) is 6.92 Å². The van der Waals surface area contributed by atoms with Crippen LogP contribution in [0.3, 0.4) is 0 Å². The van der Waals surface area contributed by atoms with Crippen molar-refractivity contribution >= 4 is 22.5 Å². The number of aromatic nitrogens is 4. The molecule has 3 N–H and O–H groups in total. The van der Waals surface area contributed by atoms with Gasteiger partial charge in [-0.3, -0.25) is 9.89 Å². The molecule has 0 atom stereocenters. The lowest BCUT2D eigenvalue weighted by molar-refractivity contribution is 0.101. The summed E-state index contributed by atoms with van der Waals surface area (Å²) in [6, 6.07) is 3.83. The van der Waals surface area contributed by atoms with Crippen LogP contribution >= 0.6 is 0 Å². The van der Waals surface area contributed by atoms with Gasteiger partial charge in [0.25, 0.3) is 5.91 Å². The number of imidazole rings is 1. The number of anilines is 1. The molecule has 0 aliphatic rings. The van der Waals surface area contributed by atoms with Crippen molar-refractivity contribution in [3.05, 3.63) is 42.1 Å². The summed E-state index contributed by atoms with van der Waals surface area (Å²) in [4.78, 5) is 18.5. The topological polar surface area (TPSA) is 86.5 Å². The van der Waals surface area contributed by atoms with E-state index in [1.54, 1.807) is 18.6 Å². The first kappa shape index (κ1) is 10.5. The summed E-state index contributed by atoms with van der Waals surface area (Å²) in [7, 11) is 0. The minimum Gasteiger partial charge on any atom is -0.341 e. The van der Waals surface area contributed by atoms with Gasteiger partial charge < -0.3 is 10.3 Å². The number of aryl methyl sites for hydroxylation is 1. The number of nitrogens with one attached hydrogen (secondary N) is 3. The van der Waals surface area contributed by atoms with Gasteiger partial charge in [-0.25, -0.2) is 4.98 Å². The van der Waals surface area contributed by atoms with Crippen LogP contribution in [-0.2, 0) is 0 Å². The Morgan fingerprint density at radius 2 is 2.28 bits per heavy atom. The number of carbonyl (C=O) groups excluding carboxylic acids is 1. The SMILES string of the molecule is Cc1cc2[nH]ncc2cc1NC(=O)c1ncc[nH]1. The number of nitrogens with zero attached hydrogens (tertiary/aromatic N) is 2. The lowest BCUT2D eigenvalue weighted by atomic mass is 10.1. The van der Waals surface area contributed by atoms with Gasteiger partial charge in [-0.2, -0.15) is 5.10 Å². The van der Waals surface area contributed by atoms with Gasteiger partial charge in [0.1, 0.15) is 0 Å². The zero-order valence-electron chi connectivity index (χ0n) is 9.69. The Morgan fingerprint density at radius 1 is 1.39 bits per heavy atom. The number of H-pyrrole nitrogens is 2. The first-order chi connectivity index (χ1) is 8.74. The number of carbonyl (C=O) groups is 1. The first-order valence-corrected chi connectivity index (χ1v) is 5.48. The molecule has 2 heterocycles. The average Bonchev–Trinajstić information content (AvgIpc) is 2.98. The highest BCUT2D eigenvalue weighted by molar-refractivity contribution is 6.03. The van der Waals surface area contributed by atoms with E-state index in [2.05, 4.69) is 25.5 Å². The Hall–Kier alpha value is -2.63. The van der Waals surface area contributed by atoms with E-state index in [0.717, 1.165) is 22.2 Å². The molecule has 18 heavy (non-hydrogen) atoms. The number of aromatic amines is 2. The summed E-state index contributed by atoms with van der Waals surface area (Å²) in [6.45, 7) is 1.93. The normalized spacial score (nSPS) is 10.7. The fourth-order valence-corrected chi connectivity index (χ4v) is 1.81. The molecule has 3 aromatic rings. The van der Waals surface area contributed by atoms with Crippen molar-refractivity contribution in [2.75, 3.05) is 5.32 Å². The molecule has 90 valence electrons. The third kappa shape index (κ3) is 1.73. The summed E-state index contributed by atoms with van der Waals surface area (Å²) in [6.07, 6.45) is 4.87. The highest BCUT2D eigenvalue weighted by atomic mass is 16.2. The number of benzene rings is 1. The zero-order valence-corrected chi connectivity index (χ0v) is 9.69. The average molecular weight is 241 g/mol. The number of amides is 1. The molecule has 1 aromatic carbocycles. The lowest BCUT2D eigenvalue weighted by Gasteiger charge is -2.07. The Morgan fingerprint density at radius 3 is 3.06 bits per heavy atom. The molecule has 3 rings (SSSR count). The fraction of sp³-hybridized carbons (Fsp3) is 0.0833. The van der Waals surface area contributed by atoms with Crippen molar-refractivity contribution in [2.24, 2.45) is 0 Å². The zero-order chi connectivity index (χ0) is 12.5. The van der Waals surface area contributed by atoms with E-state index in [-0.39, 0.29) is 5.91 Å². The molecule has 2 aromatic heterocycles. The van der Waals surface area contributed by atoms with Crippen LogP contribution in [-0.4, -0.2) is 26.1 Å². The molecule has 1 amide bonds. The van der Waals surface area contributed by atoms with Crippen LogP contribution in [0.2, 0.25) is 0 Å². The molecule has 0 saturated heterocycles. The van der Waals surface area contributed by atoms with Crippen LogP contribution in [0, 0.1) is 6.92 Å². The smallest absolute Gasteiger partial charge is 0.291 e. The molecular formula is C12H11N5O. The summed E-state index contributed by atoms with van der Waals surface area (Å²) < 4.78 is 0. The van der Waals surface area contributed by atoms with Crippen molar-refractivity contribution in [3.8, 4) is 0 Å². The van der Waals surface area contributed by atoms with Crippen LogP contribution < -0.4 is 5.32 Å². The molecule has 0 saturated carbocycles. The lowest BCUT2D eigenvalue weighted by Crippen LogP contribution is -2.14. The molecule has 0 radical (unpaired) electrons. The molecule has 0 aliphatic heterocycles. The third-order valence-electron chi connectivity index (χ3n) is 2.75. The fourth-order valence-electron chi connectivity index (χ4n) is 1.81. The minimum absolute atomic E-state index is 0.258. The largest absolute Gasteiger partial charge is 0.341 e. The Kier molecular flexibility index (Phi) is 2.33. The maximum Gasteiger partial charge on any atom is 0.291 e. The molecule has 0 bridgehead atoms. The summed E-state index contributed by atoms with van der Waals surface area (Å²) in [5, 5.41) is 10.6. The van der Waals surface area contributed by atoms with E-state index in [1.165, 1.54) is 0 Å². The van der Waals surface area contributed by atoms with E-state index in [4.69, 9.17) is 0 Å². The van der Waals surface area contributed by atoms with Crippen molar-refractivity contribution in [3.63, 3.8) is 0 Å². The maximum absolute atomic E-state index is 11.9. The van der Waals surface area contributed by atoms with Crippen LogP contribution in [0.4, 0.5) is 5.69 Å². The van der Waals surface area contributed by atoms with Crippen molar-refractivity contribution in [1.29, 1.82) is 0 Å². The number of hydrogen-bond donors (Lipinski definition) is 3. The first-order valence-electron chi connectivity index (χ1n) is 5.48. The number of hydrogen-bond acceptors (Lipinski definition) is 3. The third-order valence-corrected chi connectivity index (χ3v) is 2.75. The summed E-state index contributed by atoms with van der Waals surface area (Å²) >= 11 is 0. The predicted molar refractivity (Wildman–Crippen MR) is 67.4 cm³/mol. The minimum atomic E-state index is -0.258.